The van der Waals surface area contributed by atoms with Crippen LogP contribution >= 0.6 is 0 Å². The Labute approximate surface area is 133 Å². The van der Waals surface area contributed by atoms with E-state index in [0.717, 1.165) is 18.0 Å². The lowest BCUT2D eigenvalue weighted by molar-refractivity contribution is 0.0619. The van der Waals surface area contributed by atoms with Crippen molar-refractivity contribution >= 4 is 0 Å². The zero-order valence-corrected chi connectivity index (χ0v) is 15.0. The summed E-state index contributed by atoms with van der Waals surface area (Å²) in [5, 5.41) is 3.76. The first-order chi connectivity index (χ1) is 10.1. The van der Waals surface area contributed by atoms with Crippen molar-refractivity contribution in [2.45, 2.75) is 91.1 Å². The predicted molar refractivity (Wildman–Crippen MR) is 92.7 cm³/mol. The number of hydrogen-bond donors (Lipinski definition) is 1. The third kappa shape index (κ3) is 4.45. The van der Waals surface area contributed by atoms with Crippen LogP contribution in [0.15, 0.2) is 0 Å². The molecule has 1 heterocycles. The van der Waals surface area contributed by atoms with E-state index in [-0.39, 0.29) is 0 Å². The van der Waals surface area contributed by atoms with Gasteiger partial charge in [-0.15, -0.1) is 0 Å². The van der Waals surface area contributed by atoms with E-state index in [4.69, 9.17) is 0 Å². The summed E-state index contributed by atoms with van der Waals surface area (Å²) in [4.78, 5) is 2.86. The molecular formula is C19H38N2. The highest BCUT2D eigenvalue weighted by atomic mass is 15.2. The largest absolute Gasteiger partial charge is 0.316 e. The molecule has 2 rings (SSSR count). The van der Waals surface area contributed by atoms with Gasteiger partial charge < -0.3 is 5.32 Å². The summed E-state index contributed by atoms with van der Waals surface area (Å²) in [5.74, 6) is 0.947. The summed E-state index contributed by atoms with van der Waals surface area (Å²) >= 11 is 0. The Hall–Kier alpha value is -0.0800. The van der Waals surface area contributed by atoms with E-state index in [1.807, 2.05) is 0 Å². The fourth-order valence-electron chi connectivity index (χ4n) is 4.53. The topological polar surface area (TPSA) is 15.3 Å². The molecule has 0 aromatic carbocycles. The summed E-state index contributed by atoms with van der Waals surface area (Å²) < 4.78 is 0. The SMILES string of the molecule is CCCNCC1(CN2C(C)CCC2CC)CCC(C)CC1. The molecule has 0 aromatic rings. The smallest absolute Gasteiger partial charge is 0.00962 e. The number of nitrogens with one attached hydrogen (secondary N) is 1. The number of nitrogens with zero attached hydrogens (tertiary/aromatic N) is 1. The van der Waals surface area contributed by atoms with Gasteiger partial charge in [0.2, 0.25) is 0 Å². The van der Waals surface area contributed by atoms with Crippen molar-refractivity contribution in [3.63, 3.8) is 0 Å². The van der Waals surface area contributed by atoms with Crippen molar-refractivity contribution in [1.82, 2.24) is 10.2 Å². The molecule has 2 nitrogen and oxygen atoms in total. The van der Waals surface area contributed by atoms with E-state index in [2.05, 4.69) is 37.9 Å². The Bertz CT molecular complexity index is 294. The van der Waals surface area contributed by atoms with Gasteiger partial charge in [0.15, 0.2) is 0 Å². The zero-order chi connectivity index (χ0) is 15.3. The normalized spacial score (nSPS) is 38.0. The maximum atomic E-state index is 3.76. The lowest BCUT2D eigenvalue weighted by Gasteiger charge is -2.44. The molecule has 2 aliphatic rings. The molecule has 1 saturated carbocycles. The van der Waals surface area contributed by atoms with Gasteiger partial charge in [-0.2, -0.15) is 0 Å². The van der Waals surface area contributed by atoms with Gasteiger partial charge in [-0.3, -0.25) is 4.90 Å². The molecule has 2 unspecified atom stereocenters. The molecule has 1 saturated heterocycles. The molecular weight excluding hydrogens is 256 g/mol. The van der Waals surface area contributed by atoms with Crippen molar-refractivity contribution in [1.29, 1.82) is 0 Å². The minimum absolute atomic E-state index is 0.549. The quantitative estimate of drug-likeness (QED) is 0.698. The summed E-state index contributed by atoms with van der Waals surface area (Å²) in [7, 11) is 0. The highest BCUT2D eigenvalue weighted by molar-refractivity contribution is 4.94. The van der Waals surface area contributed by atoms with Crippen molar-refractivity contribution in [2.24, 2.45) is 11.3 Å². The standard InChI is InChI=1S/C19H38N2/c1-5-13-20-14-19(11-9-16(3)10-12-19)15-21-17(4)7-8-18(21)6-2/h16-18,20H,5-15H2,1-4H3. The second-order valence-corrected chi connectivity index (χ2v) is 8.02. The molecule has 2 fully saturated rings. The highest BCUT2D eigenvalue weighted by Crippen LogP contribution is 2.41. The van der Waals surface area contributed by atoms with Gasteiger partial charge in [0, 0.05) is 25.2 Å². The summed E-state index contributed by atoms with van der Waals surface area (Å²) in [6.07, 6.45) is 11.2. The van der Waals surface area contributed by atoms with Crippen LogP contribution in [0.4, 0.5) is 0 Å². The summed E-state index contributed by atoms with van der Waals surface area (Å²) in [6, 6.07) is 1.65. The third-order valence-corrected chi connectivity index (χ3v) is 6.20. The molecule has 0 radical (unpaired) electrons. The number of hydrogen-bond acceptors (Lipinski definition) is 2. The van der Waals surface area contributed by atoms with Crippen molar-refractivity contribution in [3.8, 4) is 0 Å². The van der Waals surface area contributed by atoms with Gasteiger partial charge in [-0.05, 0) is 63.3 Å². The van der Waals surface area contributed by atoms with Crippen LogP contribution in [0, 0.1) is 11.3 Å². The van der Waals surface area contributed by atoms with E-state index in [1.165, 1.54) is 71.0 Å². The molecule has 0 bridgehead atoms. The minimum Gasteiger partial charge on any atom is -0.316 e. The zero-order valence-electron chi connectivity index (χ0n) is 15.0. The van der Waals surface area contributed by atoms with Crippen molar-refractivity contribution < 1.29 is 0 Å². The fraction of sp³-hybridized carbons (Fsp3) is 1.00. The second-order valence-electron chi connectivity index (χ2n) is 8.02. The van der Waals surface area contributed by atoms with Gasteiger partial charge in [0.1, 0.15) is 0 Å². The van der Waals surface area contributed by atoms with Crippen LogP contribution in [0.2, 0.25) is 0 Å². The molecule has 1 aliphatic heterocycles. The molecule has 1 N–H and O–H groups in total. The highest BCUT2D eigenvalue weighted by Gasteiger charge is 2.39. The molecule has 0 amide bonds. The van der Waals surface area contributed by atoms with Crippen LogP contribution in [0.25, 0.3) is 0 Å². The lowest BCUT2D eigenvalue weighted by Crippen LogP contribution is -2.49. The summed E-state index contributed by atoms with van der Waals surface area (Å²) in [5.41, 5.74) is 0.549. The van der Waals surface area contributed by atoms with Crippen LogP contribution in [0.3, 0.4) is 0 Å². The van der Waals surface area contributed by atoms with Gasteiger partial charge in [0.05, 0.1) is 0 Å². The van der Waals surface area contributed by atoms with Gasteiger partial charge in [-0.1, -0.05) is 33.6 Å². The first kappa shape index (κ1) is 17.3. The Morgan fingerprint density at radius 2 is 1.76 bits per heavy atom. The molecule has 0 spiro atoms. The minimum atomic E-state index is 0.549. The van der Waals surface area contributed by atoms with E-state index in [0.29, 0.717) is 5.41 Å². The molecule has 0 aromatic heterocycles. The average Bonchev–Trinajstić information content (AvgIpc) is 2.83. The van der Waals surface area contributed by atoms with Crippen molar-refractivity contribution in [3.05, 3.63) is 0 Å². The van der Waals surface area contributed by atoms with Gasteiger partial charge in [-0.25, -0.2) is 0 Å². The van der Waals surface area contributed by atoms with Crippen LogP contribution in [0.1, 0.15) is 79.1 Å². The molecule has 2 heteroatoms. The molecule has 124 valence electrons. The van der Waals surface area contributed by atoms with Crippen molar-refractivity contribution in [2.75, 3.05) is 19.6 Å². The second kappa shape index (κ2) is 7.97. The Morgan fingerprint density at radius 3 is 2.38 bits per heavy atom. The molecule has 1 aliphatic carbocycles. The van der Waals surface area contributed by atoms with E-state index < -0.39 is 0 Å². The number of likely N-dealkylation sites (tertiary alicyclic amines) is 1. The van der Waals surface area contributed by atoms with Crippen LogP contribution in [0.5, 0.6) is 0 Å². The van der Waals surface area contributed by atoms with Gasteiger partial charge in [0.25, 0.3) is 0 Å². The molecule has 21 heavy (non-hydrogen) atoms. The first-order valence-electron chi connectivity index (χ1n) is 9.56. The Morgan fingerprint density at radius 1 is 1.05 bits per heavy atom. The lowest BCUT2D eigenvalue weighted by atomic mass is 9.70. The van der Waals surface area contributed by atoms with Crippen LogP contribution in [-0.2, 0) is 0 Å². The fourth-order valence-corrected chi connectivity index (χ4v) is 4.53. The van der Waals surface area contributed by atoms with Crippen LogP contribution < -0.4 is 5.32 Å². The maximum Gasteiger partial charge on any atom is 0.00962 e. The van der Waals surface area contributed by atoms with Crippen LogP contribution in [-0.4, -0.2) is 36.6 Å². The monoisotopic (exact) mass is 294 g/mol. The van der Waals surface area contributed by atoms with E-state index in [1.54, 1.807) is 0 Å². The third-order valence-electron chi connectivity index (χ3n) is 6.20. The maximum absolute atomic E-state index is 3.76. The van der Waals surface area contributed by atoms with Gasteiger partial charge >= 0.3 is 0 Å². The number of rotatable bonds is 7. The first-order valence-corrected chi connectivity index (χ1v) is 9.56. The Kier molecular flexibility index (Phi) is 6.55. The predicted octanol–water partition coefficient (Wildman–Crippen LogP) is 4.45. The Balaban J connectivity index is 2.00. The van der Waals surface area contributed by atoms with E-state index >= 15 is 0 Å². The summed E-state index contributed by atoms with van der Waals surface area (Å²) in [6.45, 7) is 13.3. The molecule has 2 atom stereocenters. The average molecular weight is 295 g/mol. The van der Waals surface area contributed by atoms with E-state index in [9.17, 15) is 0 Å².